The van der Waals surface area contributed by atoms with E-state index in [2.05, 4.69) is 20.7 Å². The van der Waals surface area contributed by atoms with Gasteiger partial charge in [0.15, 0.2) is 17.3 Å². The fourth-order valence-electron chi connectivity index (χ4n) is 1.98. The molecule has 0 spiro atoms. The lowest BCUT2D eigenvalue weighted by Crippen LogP contribution is -2.52. The SMILES string of the molecule is NNc1cn2ccnc2c(N2CC(=O)NC(=O)C2)n1. The van der Waals surface area contributed by atoms with Gasteiger partial charge in [0.25, 0.3) is 0 Å². The Hall–Kier alpha value is -2.68. The van der Waals surface area contributed by atoms with Gasteiger partial charge in [-0.1, -0.05) is 0 Å². The molecule has 1 saturated heterocycles. The fourth-order valence-corrected chi connectivity index (χ4v) is 1.98. The van der Waals surface area contributed by atoms with Crippen LogP contribution in [-0.2, 0) is 9.59 Å². The standard InChI is InChI=1S/C10H11N7O2/c11-15-6-3-16-2-1-12-9(16)10(13-6)17-4-7(18)14-8(19)5-17/h1-3,15H,4-5,11H2,(H,14,18,19). The summed E-state index contributed by atoms with van der Waals surface area (Å²) in [5.41, 5.74) is 3.00. The number of anilines is 2. The Morgan fingerprint density at radius 1 is 1.32 bits per heavy atom. The molecule has 3 heterocycles. The molecule has 4 N–H and O–H groups in total. The number of amides is 2. The van der Waals surface area contributed by atoms with E-state index in [-0.39, 0.29) is 24.9 Å². The summed E-state index contributed by atoms with van der Waals surface area (Å²) in [6.07, 6.45) is 5.00. The summed E-state index contributed by atoms with van der Waals surface area (Å²) >= 11 is 0. The van der Waals surface area contributed by atoms with Crippen molar-refractivity contribution in [2.45, 2.75) is 0 Å². The molecule has 0 aromatic carbocycles. The smallest absolute Gasteiger partial charge is 0.246 e. The molecule has 1 aliphatic rings. The number of piperazine rings is 1. The average molecular weight is 261 g/mol. The highest BCUT2D eigenvalue weighted by atomic mass is 16.2. The first-order chi connectivity index (χ1) is 9.17. The lowest BCUT2D eigenvalue weighted by Gasteiger charge is -2.26. The van der Waals surface area contributed by atoms with Gasteiger partial charge in [-0.3, -0.25) is 14.9 Å². The molecule has 3 rings (SSSR count). The van der Waals surface area contributed by atoms with Crippen molar-refractivity contribution in [1.29, 1.82) is 0 Å². The number of imidazole rings is 1. The molecule has 0 saturated carbocycles. The minimum Gasteiger partial charge on any atom is -0.335 e. The fraction of sp³-hybridized carbons (Fsp3) is 0.200. The van der Waals surface area contributed by atoms with Crippen molar-refractivity contribution in [2.75, 3.05) is 23.4 Å². The maximum absolute atomic E-state index is 11.4. The maximum atomic E-state index is 11.4. The number of carbonyl (C=O) groups excluding carboxylic acids is 2. The predicted octanol–water partition coefficient (Wildman–Crippen LogP) is -1.52. The van der Waals surface area contributed by atoms with Crippen LogP contribution in [0, 0.1) is 0 Å². The molecular weight excluding hydrogens is 250 g/mol. The van der Waals surface area contributed by atoms with Crippen molar-refractivity contribution < 1.29 is 9.59 Å². The number of nitrogens with two attached hydrogens (primary N) is 1. The Bertz CT molecular complexity index is 649. The molecule has 0 radical (unpaired) electrons. The second-order valence-electron chi connectivity index (χ2n) is 4.08. The quantitative estimate of drug-likeness (QED) is 0.341. The van der Waals surface area contributed by atoms with Crippen LogP contribution in [0.4, 0.5) is 11.6 Å². The zero-order valence-corrected chi connectivity index (χ0v) is 9.83. The second-order valence-corrected chi connectivity index (χ2v) is 4.08. The van der Waals surface area contributed by atoms with E-state index in [1.807, 2.05) is 0 Å². The Labute approximate surface area is 107 Å². The molecule has 0 unspecified atom stereocenters. The highest BCUT2D eigenvalue weighted by molar-refractivity contribution is 6.03. The third-order valence-electron chi connectivity index (χ3n) is 2.75. The second kappa shape index (κ2) is 4.21. The summed E-state index contributed by atoms with van der Waals surface area (Å²) in [6.45, 7) is 0.102. The number of fused-ring (bicyclic) bond motifs is 1. The normalized spacial score (nSPS) is 15.7. The topological polar surface area (TPSA) is 118 Å². The van der Waals surface area contributed by atoms with Gasteiger partial charge in [0, 0.05) is 12.4 Å². The molecular formula is C10H11N7O2. The molecule has 0 aliphatic carbocycles. The van der Waals surface area contributed by atoms with E-state index < -0.39 is 0 Å². The van der Waals surface area contributed by atoms with Crippen LogP contribution in [-0.4, -0.2) is 39.3 Å². The molecule has 9 heteroatoms. The number of aromatic nitrogens is 3. The van der Waals surface area contributed by atoms with Gasteiger partial charge in [-0.2, -0.15) is 0 Å². The molecule has 0 bridgehead atoms. The van der Waals surface area contributed by atoms with Crippen LogP contribution in [0.25, 0.3) is 5.65 Å². The van der Waals surface area contributed by atoms with Gasteiger partial charge in [0.2, 0.25) is 11.8 Å². The van der Waals surface area contributed by atoms with E-state index in [1.54, 1.807) is 27.9 Å². The molecule has 98 valence electrons. The van der Waals surface area contributed by atoms with Crippen LogP contribution in [0.15, 0.2) is 18.6 Å². The summed E-state index contributed by atoms with van der Waals surface area (Å²) in [5, 5.41) is 2.23. The van der Waals surface area contributed by atoms with Crippen molar-refractivity contribution in [3.8, 4) is 0 Å². The van der Waals surface area contributed by atoms with Gasteiger partial charge in [-0.25, -0.2) is 15.8 Å². The van der Waals surface area contributed by atoms with E-state index in [4.69, 9.17) is 5.84 Å². The highest BCUT2D eigenvalue weighted by Gasteiger charge is 2.25. The summed E-state index contributed by atoms with van der Waals surface area (Å²) in [7, 11) is 0. The van der Waals surface area contributed by atoms with Gasteiger partial charge in [0.1, 0.15) is 0 Å². The van der Waals surface area contributed by atoms with Crippen molar-refractivity contribution in [3.63, 3.8) is 0 Å². The van der Waals surface area contributed by atoms with E-state index in [0.29, 0.717) is 17.3 Å². The first kappa shape index (κ1) is 11.4. The van der Waals surface area contributed by atoms with Crippen LogP contribution in [0.3, 0.4) is 0 Å². The lowest BCUT2D eigenvalue weighted by molar-refractivity contribution is -0.130. The molecule has 9 nitrogen and oxygen atoms in total. The number of imide groups is 1. The summed E-state index contributed by atoms with van der Waals surface area (Å²) in [4.78, 5) is 32.8. The summed E-state index contributed by atoms with van der Waals surface area (Å²) < 4.78 is 1.72. The minimum atomic E-state index is -0.367. The minimum absolute atomic E-state index is 0.0509. The van der Waals surface area contributed by atoms with Crippen LogP contribution < -0.4 is 21.5 Å². The van der Waals surface area contributed by atoms with Crippen LogP contribution >= 0.6 is 0 Å². The van der Waals surface area contributed by atoms with E-state index in [1.165, 1.54) is 0 Å². The zero-order valence-electron chi connectivity index (χ0n) is 9.83. The maximum Gasteiger partial charge on any atom is 0.246 e. The Balaban J connectivity index is 2.10. The molecule has 2 aromatic heterocycles. The number of hydrogen-bond donors (Lipinski definition) is 3. The largest absolute Gasteiger partial charge is 0.335 e. The van der Waals surface area contributed by atoms with E-state index in [0.717, 1.165) is 0 Å². The van der Waals surface area contributed by atoms with E-state index in [9.17, 15) is 9.59 Å². The van der Waals surface area contributed by atoms with Crippen molar-refractivity contribution in [2.24, 2.45) is 5.84 Å². The third-order valence-corrected chi connectivity index (χ3v) is 2.75. The monoisotopic (exact) mass is 261 g/mol. The first-order valence-electron chi connectivity index (χ1n) is 5.55. The summed E-state index contributed by atoms with van der Waals surface area (Å²) in [6, 6.07) is 0. The Morgan fingerprint density at radius 3 is 2.74 bits per heavy atom. The van der Waals surface area contributed by atoms with Crippen molar-refractivity contribution in [3.05, 3.63) is 18.6 Å². The van der Waals surface area contributed by atoms with Crippen LogP contribution in [0.5, 0.6) is 0 Å². The van der Waals surface area contributed by atoms with Gasteiger partial charge < -0.3 is 14.7 Å². The van der Waals surface area contributed by atoms with Crippen LogP contribution in [0.2, 0.25) is 0 Å². The molecule has 1 aliphatic heterocycles. The number of hydrazine groups is 1. The molecule has 1 fully saturated rings. The molecule has 2 amide bonds. The summed E-state index contributed by atoms with van der Waals surface area (Å²) in [5.74, 6) is 5.47. The number of nitrogen functional groups attached to an aromatic ring is 1. The number of rotatable bonds is 2. The van der Waals surface area contributed by atoms with Crippen molar-refractivity contribution in [1.82, 2.24) is 19.7 Å². The highest BCUT2D eigenvalue weighted by Crippen LogP contribution is 2.20. The van der Waals surface area contributed by atoms with Gasteiger partial charge in [-0.05, 0) is 0 Å². The third kappa shape index (κ3) is 1.95. The number of carbonyl (C=O) groups is 2. The molecule has 0 atom stereocenters. The van der Waals surface area contributed by atoms with Crippen LogP contribution in [0.1, 0.15) is 0 Å². The Morgan fingerprint density at radius 2 is 2.05 bits per heavy atom. The Kier molecular flexibility index (Phi) is 2.53. The van der Waals surface area contributed by atoms with Crippen molar-refractivity contribution >= 4 is 29.1 Å². The predicted molar refractivity (Wildman–Crippen MR) is 66.2 cm³/mol. The first-order valence-corrected chi connectivity index (χ1v) is 5.55. The van der Waals surface area contributed by atoms with Gasteiger partial charge >= 0.3 is 0 Å². The molecule has 19 heavy (non-hydrogen) atoms. The van der Waals surface area contributed by atoms with Gasteiger partial charge in [-0.15, -0.1) is 0 Å². The average Bonchev–Trinajstić information content (AvgIpc) is 2.84. The number of nitrogens with one attached hydrogen (secondary N) is 2. The number of nitrogens with zero attached hydrogens (tertiary/aromatic N) is 4. The number of hydrogen-bond acceptors (Lipinski definition) is 7. The van der Waals surface area contributed by atoms with Gasteiger partial charge in [0.05, 0.1) is 19.3 Å². The lowest BCUT2D eigenvalue weighted by atomic mass is 10.3. The molecule has 2 aromatic rings. The van der Waals surface area contributed by atoms with E-state index >= 15 is 0 Å². The zero-order chi connectivity index (χ0) is 13.4.